The maximum absolute atomic E-state index is 11.5. The van der Waals surface area contributed by atoms with Crippen molar-refractivity contribution in [3.8, 4) is 28.3 Å². The highest BCUT2D eigenvalue weighted by molar-refractivity contribution is 5.86. The minimum Gasteiger partial charge on any atom is -0.497 e. The van der Waals surface area contributed by atoms with Gasteiger partial charge in [0.2, 0.25) is 5.56 Å². The summed E-state index contributed by atoms with van der Waals surface area (Å²) in [5, 5.41) is 6.91. The van der Waals surface area contributed by atoms with Crippen LogP contribution in [0.5, 0.6) is 5.75 Å². The molecule has 2 heterocycles. The Labute approximate surface area is 120 Å². The number of hydrogen-bond acceptors (Lipinski definition) is 4. The number of anilines is 1. The van der Waals surface area contributed by atoms with E-state index in [9.17, 15) is 4.79 Å². The van der Waals surface area contributed by atoms with Crippen LogP contribution in [-0.4, -0.2) is 22.3 Å². The largest absolute Gasteiger partial charge is 0.497 e. The number of pyridine rings is 1. The van der Waals surface area contributed by atoms with Crippen LogP contribution in [0.15, 0.2) is 47.3 Å². The first kappa shape index (κ1) is 13.0. The second kappa shape index (κ2) is 5.16. The van der Waals surface area contributed by atoms with E-state index in [2.05, 4.69) is 15.2 Å². The molecular formula is C15H14N4O2. The van der Waals surface area contributed by atoms with Crippen LogP contribution in [0.25, 0.3) is 22.5 Å². The van der Waals surface area contributed by atoms with Crippen molar-refractivity contribution in [2.24, 2.45) is 0 Å². The molecule has 0 fully saturated rings. The van der Waals surface area contributed by atoms with Gasteiger partial charge >= 0.3 is 0 Å². The zero-order chi connectivity index (χ0) is 14.8. The number of methoxy groups -OCH3 is 1. The van der Waals surface area contributed by atoms with Gasteiger partial charge in [-0.05, 0) is 23.8 Å². The molecule has 0 aliphatic carbocycles. The molecule has 4 N–H and O–H groups in total. The summed E-state index contributed by atoms with van der Waals surface area (Å²) < 4.78 is 5.15. The third-order valence-electron chi connectivity index (χ3n) is 3.21. The number of nitrogen functional groups attached to an aromatic ring is 1. The number of aromatic nitrogens is 3. The molecule has 1 aromatic carbocycles. The number of nitrogens with zero attached hydrogens (tertiary/aromatic N) is 1. The summed E-state index contributed by atoms with van der Waals surface area (Å²) in [6.07, 6.45) is 0. The van der Waals surface area contributed by atoms with E-state index in [-0.39, 0.29) is 5.56 Å². The molecule has 0 aliphatic heterocycles. The zero-order valence-electron chi connectivity index (χ0n) is 11.4. The van der Waals surface area contributed by atoms with Crippen LogP contribution >= 0.6 is 0 Å². The molecule has 0 atom stereocenters. The van der Waals surface area contributed by atoms with Gasteiger partial charge in [0, 0.05) is 6.07 Å². The highest BCUT2D eigenvalue weighted by Crippen LogP contribution is 2.34. The van der Waals surface area contributed by atoms with Gasteiger partial charge in [-0.2, -0.15) is 5.10 Å². The number of nitrogens with two attached hydrogens (primary N) is 1. The Morgan fingerprint density at radius 1 is 1.14 bits per heavy atom. The van der Waals surface area contributed by atoms with E-state index in [1.165, 1.54) is 6.07 Å². The van der Waals surface area contributed by atoms with Gasteiger partial charge in [-0.1, -0.05) is 18.2 Å². The number of H-pyrrole nitrogens is 2. The second-order valence-electron chi connectivity index (χ2n) is 4.52. The molecule has 0 bridgehead atoms. The van der Waals surface area contributed by atoms with Gasteiger partial charge < -0.3 is 15.5 Å². The predicted molar refractivity (Wildman–Crippen MR) is 81.0 cm³/mol. The number of ether oxygens (including phenoxy) is 1. The van der Waals surface area contributed by atoms with E-state index in [0.29, 0.717) is 17.2 Å². The van der Waals surface area contributed by atoms with Gasteiger partial charge in [0.05, 0.1) is 24.1 Å². The smallest absolute Gasteiger partial charge is 0.248 e. The van der Waals surface area contributed by atoms with Crippen LogP contribution in [0.3, 0.4) is 0 Å². The Morgan fingerprint density at radius 3 is 2.57 bits per heavy atom. The maximum atomic E-state index is 11.5. The third-order valence-corrected chi connectivity index (χ3v) is 3.21. The summed E-state index contributed by atoms with van der Waals surface area (Å²) in [5.41, 5.74) is 8.73. The normalized spacial score (nSPS) is 10.5. The maximum Gasteiger partial charge on any atom is 0.248 e. The zero-order valence-corrected chi connectivity index (χ0v) is 11.4. The lowest BCUT2D eigenvalue weighted by Crippen LogP contribution is -2.04. The summed E-state index contributed by atoms with van der Waals surface area (Å²) in [5.74, 6) is 1.13. The summed E-state index contributed by atoms with van der Waals surface area (Å²) in [6.45, 7) is 0. The van der Waals surface area contributed by atoms with E-state index in [1.54, 1.807) is 19.2 Å². The first-order chi connectivity index (χ1) is 10.2. The fourth-order valence-electron chi connectivity index (χ4n) is 2.19. The minimum atomic E-state index is -0.179. The SMILES string of the molecule is COc1ccc(-c2c(N)n[nH]c2-c2cccc(=O)[nH]2)cc1. The monoisotopic (exact) mass is 282 g/mol. The van der Waals surface area contributed by atoms with Gasteiger partial charge in [0.1, 0.15) is 5.75 Å². The summed E-state index contributed by atoms with van der Waals surface area (Å²) >= 11 is 0. The molecule has 0 radical (unpaired) electrons. The Bertz CT molecular complexity index is 818. The van der Waals surface area contributed by atoms with Crippen molar-refractivity contribution >= 4 is 5.82 Å². The van der Waals surface area contributed by atoms with Crippen molar-refractivity contribution < 1.29 is 4.74 Å². The van der Waals surface area contributed by atoms with Gasteiger partial charge in [0.25, 0.3) is 0 Å². The van der Waals surface area contributed by atoms with E-state index < -0.39 is 0 Å². The van der Waals surface area contributed by atoms with Crippen LogP contribution in [-0.2, 0) is 0 Å². The third kappa shape index (κ3) is 2.38. The van der Waals surface area contributed by atoms with Crippen molar-refractivity contribution in [1.29, 1.82) is 0 Å². The molecule has 0 aliphatic rings. The highest BCUT2D eigenvalue weighted by Gasteiger charge is 2.15. The Balaban J connectivity index is 2.14. The highest BCUT2D eigenvalue weighted by atomic mass is 16.5. The van der Waals surface area contributed by atoms with Crippen LogP contribution in [0, 0.1) is 0 Å². The summed E-state index contributed by atoms with van der Waals surface area (Å²) in [7, 11) is 1.61. The lowest BCUT2D eigenvalue weighted by Gasteiger charge is -2.06. The Morgan fingerprint density at radius 2 is 1.90 bits per heavy atom. The molecule has 0 saturated carbocycles. The fourth-order valence-corrected chi connectivity index (χ4v) is 2.19. The molecule has 3 rings (SSSR count). The van der Waals surface area contributed by atoms with E-state index >= 15 is 0 Å². The van der Waals surface area contributed by atoms with Crippen LogP contribution in [0.4, 0.5) is 5.82 Å². The number of rotatable bonds is 3. The van der Waals surface area contributed by atoms with Crippen LogP contribution < -0.4 is 16.0 Å². The molecule has 2 aromatic heterocycles. The average Bonchev–Trinajstić information content (AvgIpc) is 2.89. The van der Waals surface area contributed by atoms with Gasteiger partial charge in [-0.25, -0.2) is 0 Å². The molecule has 6 heteroatoms. The first-order valence-electron chi connectivity index (χ1n) is 6.37. The minimum absolute atomic E-state index is 0.179. The molecular weight excluding hydrogens is 268 g/mol. The molecule has 3 aromatic rings. The van der Waals surface area contributed by atoms with E-state index in [0.717, 1.165) is 16.9 Å². The van der Waals surface area contributed by atoms with E-state index in [4.69, 9.17) is 10.5 Å². The number of benzene rings is 1. The van der Waals surface area contributed by atoms with Crippen molar-refractivity contribution in [2.75, 3.05) is 12.8 Å². The second-order valence-corrected chi connectivity index (χ2v) is 4.52. The quantitative estimate of drug-likeness (QED) is 0.684. The molecule has 0 unspecified atom stereocenters. The van der Waals surface area contributed by atoms with Gasteiger partial charge in [-0.3, -0.25) is 9.89 Å². The Hall–Kier alpha value is -3.02. The molecule has 21 heavy (non-hydrogen) atoms. The summed E-state index contributed by atoms with van der Waals surface area (Å²) in [6, 6.07) is 12.4. The standard InChI is InChI=1S/C15H14N4O2/c1-21-10-7-5-9(6-8-10)13-14(18-19-15(13)16)11-3-2-4-12(20)17-11/h2-8H,1H3,(H,17,20)(H3,16,18,19). The van der Waals surface area contributed by atoms with Crippen molar-refractivity contribution in [3.05, 3.63) is 52.8 Å². The predicted octanol–water partition coefficient (Wildman–Crippen LogP) is 2.02. The van der Waals surface area contributed by atoms with E-state index in [1.807, 2.05) is 24.3 Å². The lowest BCUT2D eigenvalue weighted by atomic mass is 10.0. The lowest BCUT2D eigenvalue weighted by molar-refractivity contribution is 0.415. The van der Waals surface area contributed by atoms with Gasteiger partial charge in [-0.15, -0.1) is 0 Å². The van der Waals surface area contributed by atoms with Crippen LogP contribution in [0.2, 0.25) is 0 Å². The molecule has 0 saturated heterocycles. The van der Waals surface area contributed by atoms with Crippen molar-refractivity contribution in [2.45, 2.75) is 0 Å². The Kier molecular flexibility index (Phi) is 3.19. The molecule has 0 spiro atoms. The number of aromatic amines is 2. The van der Waals surface area contributed by atoms with Crippen molar-refractivity contribution in [1.82, 2.24) is 15.2 Å². The van der Waals surface area contributed by atoms with Crippen molar-refractivity contribution in [3.63, 3.8) is 0 Å². The number of nitrogens with one attached hydrogen (secondary N) is 2. The number of hydrogen-bond donors (Lipinski definition) is 3. The topological polar surface area (TPSA) is 96.8 Å². The first-order valence-corrected chi connectivity index (χ1v) is 6.37. The van der Waals surface area contributed by atoms with Crippen LogP contribution in [0.1, 0.15) is 0 Å². The summed E-state index contributed by atoms with van der Waals surface area (Å²) in [4.78, 5) is 14.2. The fraction of sp³-hybridized carbons (Fsp3) is 0.0667. The average molecular weight is 282 g/mol. The molecule has 0 amide bonds. The molecule has 6 nitrogen and oxygen atoms in total. The molecule has 106 valence electrons. The van der Waals surface area contributed by atoms with Gasteiger partial charge in [0.15, 0.2) is 5.82 Å².